The lowest BCUT2D eigenvalue weighted by atomic mass is 9.82. The molecule has 0 aliphatic carbocycles. The average molecular weight is 261 g/mol. The van der Waals surface area contributed by atoms with Crippen molar-refractivity contribution in [2.24, 2.45) is 5.84 Å². The van der Waals surface area contributed by atoms with Crippen LogP contribution in [0.4, 0.5) is 0 Å². The smallest absolute Gasteiger partial charge is 0.0641 e. The monoisotopic (exact) mass is 261 g/mol. The van der Waals surface area contributed by atoms with Crippen molar-refractivity contribution in [3.8, 4) is 0 Å². The van der Waals surface area contributed by atoms with Gasteiger partial charge in [-0.15, -0.1) is 0 Å². The maximum atomic E-state index is 5.90. The molecule has 1 heterocycles. The van der Waals surface area contributed by atoms with Crippen LogP contribution in [0.15, 0.2) is 30.3 Å². The Morgan fingerprint density at radius 3 is 2.37 bits per heavy atom. The predicted octanol–water partition coefficient (Wildman–Crippen LogP) is 2.85. The van der Waals surface area contributed by atoms with E-state index in [2.05, 4.69) is 54.5 Å². The van der Waals surface area contributed by atoms with Crippen molar-refractivity contribution in [1.82, 2.24) is 10.3 Å². The van der Waals surface area contributed by atoms with Gasteiger partial charge in [0.15, 0.2) is 0 Å². The molecule has 1 aliphatic rings. The SMILES string of the molecule is CCC(C)(C(NN)c1ccccc1)N1CCCCC1. The summed E-state index contributed by atoms with van der Waals surface area (Å²) in [5.41, 5.74) is 4.42. The number of nitrogens with zero attached hydrogens (tertiary/aromatic N) is 1. The molecule has 0 amide bonds. The van der Waals surface area contributed by atoms with Crippen molar-refractivity contribution in [2.75, 3.05) is 13.1 Å². The number of benzene rings is 1. The van der Waals surface area contributed by atoms with Crippen molar-refractivity contribution in [2.45, 2.75) is 51.1 Å². The lowest BCUT2D eigenvalue weighted by molar-refractivity contribution is 0.0424. The van der Waals surface area contributed by atoms with Gasteiger partial charge in [-0.25, -0.2) is 0 Å². The minimum absolute atomic E-state index is 0.0799. The number of piperidine rings is 1. The normalized spacial score (nSPS) is 21.8. The summed E-state index contributed by atoms with van der Waals surface area (Å²) in [6.45, 7) is 6.99. The highest BCUT2D eigenvalue weighted by molar-refractivity contribution is 5.23. The molecule has 0 radical (unpaired) electrons. The van der Waals surface area contributed by atoms with Crippen LogP contribution in [-0.2, 0) is 0 Å². The van der Waals surface area contributed by atoms with Gasteiger partial charge in [-0.1, -0.05) is 43.7 Å². The van der Waals surface area contributed by atoms with Gasteiger partial charge in [0, 0.05) is 5.54 Å². The Balaban J connectivity index is 2.26. The molecular formula is C16H27N3. The first-order chi connectivity index (χ1) is 9.22. The van der Waals surface area contributed by atoms with Crippen molar-refractivity contribution >= 4 is 0 Å². The van der Waals surface area contributed by atoms with Crippen LogP contribution in [0.25, 0.3) is 0 Å². The van der Waals surface area contributed by atoms with E-state index in [-0.39, 0.29) is 11.6 Å². The molecule has 1 aliphatic heterocycles. The fourth-order valence-electron chi connectivity index (χ4n) is 3.30. The van der Waals surface area contributed by atoms with Crippen molar-refractivity contribution < 1.29 is 0 Å². The standard InChI is InChI=1S/C16H27N3/c1-3-16(2,19-12-8-5-9-13-19)15(18-17)14-10-6-4-7-11-14/h4,6-7,10-11,15,18H,3,5,8-9,12-13,17H2,1-2H3. The van der Waals surface area contributed by atoms with E-state index < -0.39 is 0 Å². The summed E-state index contributed by atoms with van der Waals surface area (Å²) in [6, 6.07) is 10.8. The summed E-state index contributed by atoms with van der Waals surface area (Å²) in [6.07, 6.45) is 5.07. The highest BCUT2D eigenvalue weighted by atomic mass is 15.3. The molecule has 3 heteroatoms. The number of hydrogen-bond donors (Lipinski definition) is 2. The second-order valence-corrected chi connectivity index (χ2v) is 5.77. The molecule has 0 bridgehead atoms. The van der Waals surface area contributed by atoms with Crippen LogP contribution in [0.3, 0.4) is 0 Å². The Labute approximate surface area is 117 Å². The Hall–Kier alpha value is -0.900. The van der Waals surface area contributed by atoms with Crippen LogP contribution >= 0.6 is 0 Å². The van der Waals surface area contributed by atoms with Crippen molar-refractivity contribution in [3.63, 3.8) is 0 Å². The van der Waals surface area contributed by atoms with Gasteiger partial charge < -0.3 is 0 Å². The molecule has 2 rings (SSSR count). The summed E-state index contributed by atoms with van der Waals surface area (Å²) in [5, 5.41) is 0. The van der Waals surface area contributed by atoms with E-state index in [0.717, 1.165) is 6.42 Å². The molecule has 1 aromatic rings. The summed E-state index contributed by atoms with van der Waals surface area (Å²) in [7, 11) is 0. The molecular weight excluding hydrogens is 234 g/mol. The van der Waals surface area contributed by atoms with Crippen LogP contribution in [0.5, 0.6) is 0 Å². The Morgan fingerprint density at radius 2 is 1.84 bits per heavy atom. The fraction of sp³-hybridized carbons (Fsp3) is 0.625. The maximum Gasteiger partial charge on any atom is 0.0641 e. The topological polar surface area (TPSA) is 41.3 Å². The molecule has 3 N–H and O–H groups in total. The molecule has 0 saturated carbocycles. The van der Waals surface area contributed by atoms with Crippen LogP contribution in [0.1, 0.15) is 51.1 Å². The molecule has 0 spiro atoms. The van der Waals surface area contributed by atoms with Crippen LogP contribution < -0.4 is 11.3 Å². The van der Waals surface area contributed by atoms with Gasteiger partial charge in [0.1, 0.15) is 0 Å². The van der Waals surface area contributed by atoms with E-state index in [9.17, 15) is 0 Å². The zero-order valence-electron chi connectivity index (χ0n) is 12.2. The van der Waals surface area contributed by atoms with Gasteiger partial charge >= 0.3 is 0 Å². The lowest BCUT2D eigenvalue weighted by Gasteiger charge is -2.48. The van der Waals surface area contributed by atoms with E-state index in [4.69, 9.17) is 5.84 Å². The minimum Gasteiger partial charge on any atom is -0.296 e. The summed E-state index contributed by atoms with van der Waals surface area (Å²) in [5.74, 6) is 5.90. The third-order valence-corrected chi connectivity index (χ3v) is 4.72. The summed E-state index contributed by atoms with van der Waals surface area (Å²) < 4.78 is 0. The Morgan fingerprint density at radius 1 is 1.21 bits per heavy atom. The van der Waals surface area contributed by atoms with E-state index in [0.29, 0.717) is 0 Å². The molecule has 0 aromatic heterocycles. The first kappa shape index (κ1) is 14.5. The molecule has 3 nitrogen and oxygen atoms in total. The number of nitrogens with two attached hydrogens (primary N) is 1. The third-order valence-electron chi connectivity index (χ3n) is 4.72. The largest absolute Gasteiger partial charge is 0.296 e. The quantitative estimate of drug-likeness (QED) is 0.632. The molecule has 2 unspecified atom stereocenters. The van der Waals surface area contributed by atoms with Gasteiger partial charge in [0.25, 0.3) is 0 Å². The van der Waals surface area contributed by atoms with Gasteiger partial charge in [0.2, 0.25) is 0 Å². The molecule has 1 fully saturated rings. The second-order valence-electron chi connectivity index (χ2n) is 5.77. The number of likely N-dealkylation sites (tertiary alicyclic amines) is 1. The minimum atomic E-state index is 0.0799. The van der Waals surface area contributed by atoms with E-state index in [1.807, 2.05) is 0 Å². The first-order valence-corrected chi connectivity index (χ1v) is 7.48. The first-order valence-electron chi connectivity index (χ1n) is 7.48. The van der Waals surface area contributed by atoms with E-state index in [1.165, 1.54) is 37.9 Å². The predicted molar refractivity (Wildman–Crippen MR) is 80.6 cm³/mol. The summed E-state index contributed by atoms with van der Waals surface area (Å²) in [4.78, 5) is 2.62. The van der Waals surface area contributed by atoms with Crippen LogP contribution in [0, 0.1) is 0 Å². The summed E-state index contributed by atoms with van der Waals surface area (Å²) >= 11 is 0. The van der Waals surface area contributed by atoms with E-state index in [1.54, 1.807) is 0 Å². The average Bonchev–Trinajstić information content (AvgIpc) is 2.49. The van der Waals surface area contributed by atoms with Gasteiger partial charge in [0.05, 0.1) is 6.04 Å². The second kappa shape index (κ2) is 6.51. The molecule has 2 atom stereocenters. The number of nitrogens with one attached hydrogen (secondary N) is 1. The highest BCUT2D eigenvalue weighted by Crippen LogP contribution is 2.35. The Bertz CT molecular complexity index is 373. The van der Waals surface area contributed by atoms with Gasteiger partial charge in [-0.3, -0.25) is 16.2 Å². The highest BCUT2D eigenvalue weighted by Gasteiger charge is 2.38. The van der Waals surface area contributed by atoms with Crippen LogP contribution in [0.2, 0.25) is 0 Å². The molecule has 1 aromatic carbocycles. The molecule has 106 valence electrons. The molecule has 1 saturated heterocycles. The van der Waals surface area contributed by atoms with Gasteiger partial charge in [-0.2, -0.15) is 0 Å². The lowest BCUT2D eigenvalue weighted by Crippen LogP contribution is -2.57. The van der Waals surface area contributed by atoms with Crippen molar-refractivity contribution in [3.05, 3.63) is 35.9 Å². The number of hydrogen-bond acceptors (Lipinski definition) is 3. The fourth-order valence-corrected chi connectivity index (χ4v) is 3.30. The van der Waals surface area contributed by atoms with Gasteiger partial charge in [-0.05, 0) is 44.8 Å². The van der Waals surface area contributed by atoms with Crippen molar-refractivity contribution in [1.29, 1.82) is 0 Å². The number of rotatable bonds is 5. The Kier molecular flexibility index (Phi) is 4.97. The number of hydrazine groups is 1. The maximum absolute atomic E-state index is 5.90. The zero-order valence-corrected chi connectivity index (χ0v) is 12.2. The third kappa shape index (κ3) is 2.99. The zero-order chi connectivity index (χ0) is 13.7. The van der Waals surface area contributed by atoms with Crippen LogP contribution in [-0.4, -0.2) is 23.5 Å². The molecule has 19 heavy (non-hydrogen) atoms. The van der Waals surface area contributed by atoms with E-state index >= 15 is 0 Å².